The molecule has 0 saturated heterocycles. The van der Waals surface area contributed by atoms with Gasteiger partial charge in [-0.3, -0.25) is 0 Å². The van der Waals surface area contributed by atoms with Gasteiger partial charge < -0.3 is 9.84 Å². The molecule has 2 nitrogen and oxygen atoms in total. The van der Waals surface area contributed by atoms with E-state index in [1.807, 2.05) is 0 Å². The third-order valence-electron chi connectivity index (χ3n) is 2.97. The van der Waals surface area contributed by atoms with Crippen molar-refractivity contribution in [1.29, 1.82) is 0 Å². The van der Waals surface area contributed by atoms with E-state index >= 15 is 0 Å². The molecule has 0 radical (unpaired) electrons. The zero-order valence-corrected chi connectivity index (χ0v) is 9.07. The maximum absolute atomic E-state index is 12.1. The number of alkyl halides is 3. The number of benzene rings is 1. The van der Waals surface area contributed by atoms with Crippen molar-refractivity contribution in [3.8, 4) is 5.75 Å². The van der Waals surface area contributed by atoms with Gasteiger partial charge in [0.25, 0.3) is 0 Å². The highest BCUT2D eigenvalue weighted by atomic mass is 19.4. The molecule has 2 unspecified atom stereocenters. The molecule has 0 aliphatic heterocycles. The molecule has 2 atom stereocenters. The Morgan fingerprint density at radius 1 is 1.24 bits per heavy atom. The Hall–Kier alpha value is -1.23. The highest BCUT2D eigenvalue weighted by Crippen LogP contribution is 2.36. The van der Waals surface area contributed by atoms with E-state index in [0.717, 1.165) is 12.0 Å². The topological polar surface area (TPSA) is 29.5 Å². The molecule has 0 bridgehead atoms. The van der Waals surface area contributed by atoms with Crippen molar-refractivity contribution in [3.05, 3.63) is 29.8 Å². The van der Waals surface area contributed by atoms with Crippen LogP contribution >= 0.6 is 0 Å². The smallest absolute Gasteiger partial charge is 0.406 e. The van der Waals surface area contributed by atoms with Crippen molar-refractivity contribution >= 4 is 0 Å². The van der Waals surface area contributed by atoms with Crippen molar-refractivity contribution in [1.82, 2.24) is 0 Å². The fraction of sp³-hybridized carbons (Fsp3) is 0.500. The lowest BCUT2D eigenvalue weighted by Gasteiger charge is -2.13. The Bertz CT molecular complexity index is 390. The maximum Gasteiger partial charge on any atom is 0.573 e. The second kappa shape index (κ2) is 4.56. The fourth-order valence-electron chi connectivity index (χ4n) is 2.23. The average molecular weight is 246 g/mol. The molecule has 0 amide bonds. The Labute approximate surface area is 97.0 Å². The number of rotatable bonds is 2. The van der Waals surface area contributed by atoms with Crippen molar-refractivity contribution in [2.75, 3.05) is 0 Å². The first-order valence-corrected chi connectivity index (χ1v) is 5.48. The minimum atomic E-state index is -4.66. The maximum atomic E-state index is 12.1. The first-order valence-electron chi connectivity index (χ1n) is 5.48. The minimum Gasteiger partial charge on any atom is -0.406 e. The van der Waals surface area contributed by atoms with Crippen LogP contribution in [0.25, 0.3) is 0 Å². The van der Waals surface area contributed by atoms with E-state index in [1.165, 1.54) is 12.1 Å². The summed E-state index contributed by atoms with van der Waals surface area (Å²) in [7, 11) is 0. The standard InChI is InChI=1S/C12H13F3O2/c13-12(14,15)17-11-3-1-2-8(7-11)9-4-5-10(16)6-9/h1-3,7,9-10,16H,4-6H2. The van der Waals surface area contributed by atoms with E-state index in [1.54, 1.807) is 12.1 Å². The molecule has 0 heterocycles. The fourth-order valence-corrected chi connectivity index (χ4v) is 2.23. The van der Waals surface area contributed by atoms with Gasteiger partial charge in [0.05, 0.1) is 6.10 Å². The molecular formula is C12H13F3O2. The van der Waals surface area contributed by atoms with Crippen LogP contribution in [0.3, 0.4) is 0 Å². The second-order valence-corrected chi connectivity index (χ2v) is 4.28. The van der Waals surface area contributed by atoms with Crippen LogP contribution in [0.5, 0.6) is 5.75 Å². The van der Waals surface area contributed by atoms with Crippen LogP contribution < -0.4 is 4.74 Å². The number of halogens is 3. The Balaban J connectivity index is 2.11. The summed E-state index contributed by atoms with van der Waals surface area (Å²) in [4.78, 5) is 0. The molecule has 1 aliphatic carbocycles. The van der Waals surface area contributed by atoms with Crippen LogP contribution in [0.1, 0.15) is 30.7 Å². The highest BCUT2D eigenvalue weighted by molar-refractivity contribution is 5.31. The summed E-state index contributed by atoms with van der Waals surface area (Å²) in [5.41, 5.74) is 0.795. The summed E-state index contributed by atoms with van der Waals surface area (Å²) >= 11 is 0. The molecule has 94 valence electrons. The van der Waals surface area contributed by atoms with Gasteiger partial charge in [-0.05, 0) is 42.9 Å². The molecule has 1 fully saturated rings. The average Bonchev–Trinajstić information content (AvgIpc) is 2.63. The third-order valence-corrected chi connectivity index (χ3v) is 2.97. The third kappa shape index (κ3) is 3.36. The van der Waals surface area contributed by atoms with Gasteiger partial charge in [-0.2, -0.15) is 0 Å². The number of hydrogen-bond acceptors (Lipinski definition) is 2. The summed E-state index contributed by atoms with van der Waals surface area (Å²) in [6, 6.07) is 5.99. The van der Waals surface area contributed by atoms with Gasteiger partial charge in [0, 0.05) is 0 Å². The number of aliphatic hydroxyl groups excluding tert-OH is 1. The van der Waals surface area contributed by atoms with E-state index in [0.29, 0.717) is 12.8 Å². The molecule has 17 heavy (non-hydrogen) atoms. The van der Waals surface area contributed by atoms with Gasteiger partial charge in [0.2, 0.25) is 0 Å². The molecule has 1 aliphatic rings. The van der Waals surface area contributed by atoms with E-state index in [4.69, 9.17) is 0 Å². The van der Waals surface area contributed by atoms with Crippen LogP contribution in [-0.2, 0) is 0 Å². The molecule has 1 N–H and O–H groups in total. The Morgan fingerprint density at radius 2 is 2.00 bits per heavy atom. The molecule has 5 heteroatoms. The first kappa shape index (κ1) is 12.2. The molecule has 2 rings (SSSR count). The second-order valence-electron chi connectivity index (χ2n) is 4.28. The Kier molecular flexibility index (Phi) is 3.28. The van der Waals surface area contributed by atoms with Gasteiger partial charge >= 0.3 is 6.36 Å². The zero-order valence-electron chi connectivity index (χ0n) is 9.07. The zero-order chi connectivity index (χ0) is 12.5. The molecule has 1 saturated carbocycles. The van der Waals surface area contributed by atoms with Crippen LogP contribution in [0.2, 0.25) is 0 Å². The van der Waals surface area contributed by atoms with E-state index in [2.05, 4.69) is 4.74 Å². The quantitative estimate of drug-likeness (QED) is 0.868. The largest absolute Gasteiger partial charge is 0.573 e. The predicted octanol–water partition coefficient (Wildman–Crippen LogP) is 3.21. The summed E-state index contributed by atoms with van der Waals surface area (Å²) in [6.07, 6.45) is -2.89. The van der Waals surface area contributed by atoms with Gasteiger partial charge in [0.1, 0.15) is 5.75 Å². The van der Waals surface area contributed by atoms with Crippen molar-refractivity contribution in [3.63, 3.8) is 0 Å². The molecule has 1 aromatic rings. The van der Waals surface area contributed by atoms with Crippen molar-refractivity contribution in [2.45, 2.75) is 37.6 Å². The monoisotopic (exact) mass is 246 g/mol. The lowest BCUT2D eigenvalue weighted by atomic mass is 9.97. The lowest BCUT2D eigenvalue weighted by Crippen LogP contribution is -2.17. The van der Waals surface area contributed by atoms with E-state index in [9.17, 15) is 18.3 Å². The Morgan fingerprint density at radius 3 is 2.59 bits per heavy atom. The highest BCUT2D eigenvalue weighted by Gasteiger charge is 2.31. The first-order chi connectivity index (χ1) is 7.94. The molecule has 0 spiro atoms. The van der Waals surface area contributed by atoms with Crippen molar-refractivity contribution < 1.29 is 23.0 Å². The summed E-state index contributed by atoms with van der Waals surface area (Å²) < 4.78 is 40.0. The summed E-state index contributed by atoms with van der Waals surface area (Å²) in [6.45, 7) is 0. The van der Waals surface area contributed by atoms with E-state index in [-0.39, 0.29) is 17.8 Å². The molecule has 1 aromatic carbocycles. The van der Waals surface area contributed by atoms with Gasteiger partial charge in [-0.1, -0.05) is 12.1 Å². The lowest BCUT2D eigenvalue weighted by molar-refractivity contribution is -0.274. The van der Waals surface area contributed by atoms with E-state index < -0.39 is 6.36 Å². The molecular weight excluding hydrogens is 233 g/mol. The van der Waals surface area contributed by atoms with Crippen LogP contribution in [0.4, 0.5) is 13.2 Å². The summed E-state index contributed by atoms with van der Waals surface area (Å²) in [5.74, 6) is -0.0711. The minimum absolute atomic E-state index is 0.127. The van der Waals surface area contributed by atoms with Crippen LogP contribution in [-0.4, -0.2) is 17.6 Å². The normalized spacial score (nSPS) is 24.9. The van der Waals surface area contributed by atoms with Gasteiger partial charge in [-0.25, -0.2) is 0 Å². The van der Waals surface area contributed by atoms with Gasteiger partial charge in [0.15, 0.2) is 0 Å². The van der Waals surface area contributed by atoms with Gasteiger partial charge in [-0.15, -0.1) is 13.2 Å². The van der Waals surface area contributed by atoms with Crippen molar-refractivity contribution in [2.24, 2.45) is 0 Å². The summed E-state index contributed by atoms with van der Waals surface area (Å²) in [5, 5.41) is 9.41. The predicted molar refractivity (Wildman–Crippen MR) is 55.7 cm³/mol. The number of aliphatic hydroxyl groups is 1. The number of ether oxygens (including phenoxy) is 1. The van der Waals surface area contributed by atoms with Crippen LogP contribution in [0.15, 0.2) is 24.3 Å². The number of hydrogen-bond donors (Lipinski definition) is 1. The van der Waals surface area contributed by atoms with Crippen LogP contribution in [0, 0.1) is 0 Å². The molecule has 0 aromatic heterocycles. The SMILES string of the molecule is OC1CCC(c2cccc(OC(F)(F)F)c2)C1.